The Balaban J connectivity index is 1.60. The molecule has 3 heterocycles. The zero-order valence-electron chi connectivity index (χ0n) is 17.9. The number of benzene rings is 2. The molecule has 1 aliphatic rings. The van der Waals surface area contributed by atoms with Crippen LogP contribution in [-0.4, -0.2) is 31.7 Å². The summed E-state index contributed by atoms with van der Waals surface area (Å²) in [6, 6.07) is 18.9. The van der Waals surface area contributed by atoms with Crippen molar-refractivity contribution in [1.29, 1.82) is 0 Å². The van der Waals surface area contributed by atoms with Gasteiger partial charge in [-0.1, -0.05) is 18.2 Å². The predicted molar refractivity (Wildman–Crippen MR) is 126 cm³/mol. The maximum Gasteiger partial charge on any atom is 0.293 e. The van der Waals surface area contributed by atoms with Crippen molar-refractivity contribution in [2.45, 2.75) is 18.8 Å². The number of rotatable bonds is 5. The summed E-state index contributed by atoms with van der Waals surface area (Å²) in [5.74, 6) is 2.26. The molecule has 8 heteroatoms. The molecule has 0 atom stereocenters. The zero-order valence-corrected chi connectivity index (χ0v) is 17.9. The van der Waals surface area contributed by atoms with Gasteiger partial charge in [-0.15, -0.1) is 5.10 Å². The normalized spacial score (nSPS) is 13.4. The topological polar surface area (TPSA) is 94.3 Å². The molecule has 33 heavy (non-hydrogen) atoms. The van der Waals surface area contributed by atoms with E-state index in [1.54, 1.807) is 29.8 Å². The van der Waals surface area contributed by atoms with Crippen LogP contribution in [0.4, 0.5) is 11.6 Å². The third-order valence-electron chi connectivity index (χ3n) is 5.83. The van der Waals surface area contributed by atoms with Gasteiger partial charge in [0, 0.05) is 17.1 Å². The Morgan fingerprint density at radius 1 is 1.00 bits per heavy atom. The second kappa shape index (κ2) is 7.67. The van der Waals surface area contributed by atoms with Crippen molar-refractivity contribution in [3.8, 4) is 17.1 Å². The number of ether oxygens (including phenoxy) is 1. The number of anilines is 2. The fraction of sp³-hybridized carbons (Fsp3) is 0.160. The van der Waals surface area contributed by atoms with Crippen molar-refractivity contribution < 1.29 is 4.74 Å². The Hall–Kier alpha value is -4.33. The molecule has 0 saturated heterocycles. The zero-order chi connectivity index (χ0) is 22.4. The van der Waals surface area contributed by atoms with E-state index in [1.165, 1.54) is 11.8 Å². The van der Waals surface area contributed by atoms with Gasteiger partial charge in [-0.2, -0.15) is 4.52 Å². The molecule has 1 saturated carbocycles. The average molecular weight is 436 g/mol. The van der Waals surface area contributed by atoms with E-state index in [-0.39, 0.29) is 5.56 Å². The monoisotopic (exact) mass is 436 g/mol. The number of fused-ring (bicyclic) bond motifs is 3. The molecule has 0 spiro atoms. The highest BCUT2D eigenvalue weighted by molar-refractivity contribution is 5.96. The standard InChI is InChI=1S/C25H20N6O2/c1-33-17-12-10-16(11-13-17)22-29-23-21-18(15-8-9-15)5-4-7-19(21)27-25(31(23)30-22)28-20-6-2-3-14-26-24(20)32/h2-7,10-15H,8-9H2,1H3,(H,26,27,28,32). The lowest BCUT2D eigenvalue weighted by Gasteiger charge is -2.10. The molecule has 1 fully saturated rings. The summed E-state index contributed by atoms with van der Waals surface area (Å²) in [4.78, 5) is 26.0. The first-order valence-corrected chi connectivity index (χ1v) is 10.8. The summed E-state index contributed by atoms with van der Waals surface area (Å²) < 4.78 is 6.95. The van der Waals surface area contributed by atoms with Crippen LogP contribution in [-0.2, 0) is 0 Å². The highest BCUT2D eigenvalue weighted by Gasteiger charge is 2.28. The molecular formula is C25H20N6O2. The van der Waals surface area contributed by atoms with Crippen molar-refractivity contribution in [3.63, 3.8) is 0 Å². The van der Waals surface area contributed by atoms with Gasteiger partial charge in [0.25, 0.3) is 5.56 Å². The maximum absolute atomic E-state index is 12.4. The summed E-state index contributed by atoms with van der Waals surface area (Å²) in [5.41, 5.74) is 3.55. The van der Waals surface area contributed by atoms with E-state index >= 15 is 0 Å². The quantitative estimate of drug-likeness (QED) is 0.438. The molecule has 2 aromatic carbocycles. The molecule has 162 valence electrons. The first-order valence-electron chi connectivity index (χ1n) is 10.8. The van der Waals surface area contributed by atoms with Gasteiger partial charge in [-0.05, 0) is 66.8 Å². The Morgan fingerprint density at radius 3 is 2.64 bits per heavy atom. The van der Waals surface area contributed by atoms with Crippen molar-refractivity contribution in [3.05, 3.63) is 82.8 Å². The van der Waals surface area contributed by atoms with E-state index < -0.39 is 0 Å². The average Bonchev–Trinajstić information content (AvgIpc) is 3.63. The van der Waals surface area contributed by atoms with Crippen LogP contribution in [0.1, 0.15) is 24.3 Å². The smallest absolute Gasteiger partial charge is 0.293 e. The maximum atomic E-state index is 12.4. The molecule has 0 bridgehead atoms. The highest BCUT2D eigenvalue weighted by Crippen LogP contribution is 2.44. The Bertz CT molecular complexity index is 1560. The van der Waals surface area contributed by atoms with Gasteiger partial charge in [0.2, 0.25) is 5.95 Å². The van der Waals surface area contributed by atoms with Crippen molar-refractivity contribution in [2.24, 2.45) is 0 Å². The summed E-state index contributed by atoms with van der Waals surface area (Å²) >= 11 is 0. The molecule has 0 amide bonds. The molecule has 5 aromatic rings. The summed E-state index contributed by atoms with van der Waals surface area (Å²) in [5, 5.41) is 8.89. The molecule has 0 aliphatic heterocycles. The lowest BCUT2D eigenvalue weighted by Crippen LogP contribution is -2.12. The summed E-state index contributed by atoms with van der Waals surface area (Å²) in [6.45, 7) is 0. The van der Waals surface area contributed by atoms with Gasteiger partial charge >= 0.3 is 0 Å². The van der Waals surface area contributed by atoms with Crippen LogP contribution in [0, 0.1) is 0 Å². The minimum atomic E-state index is -0.378. The van der Waals surface area contributed by atoms with E-state index in [4.69, 9.17) is 19.8 Å². The van der Waals surface area contributed by atoms with Gasteiger partial charge in [-0.3, -0.25) is 4.79 Å². The van der Waals surface area contributed by atoms with E-state index in [2.05, 4.69) is 16.4 Å². The molecule has 0 unspecified atom stereocenters. The molecular weight excluding hydrogens is 416 g/mol. The van der Waals surface area contributed by atoms with Crippen LogP contribution < -0.4 is 15.6 Å². The third kappa shape index (κ3) is 3.45. The molecule has 3 aromatic heterocycles. The van der Waals surface area contributed by atoms with Gasteiger partial charge in [0.05, 0.1) is 12.6 Å². The second-order valence-electron chi connectivity index (χ2n) is 8.02. The van der Waals surface area contributed by atoms with E-state index in [9.17, 15) is 4.79 Å². The largest absolute Gasteiger partial charge is 0.497 e. The van der Waals surface area contributed by atoms with Gasteiger partial charge in [0.15, 0.2) is 11.5 Å². The molecule has 6 rings (SSSR count). The second-order valence-corrected chi connectivity index (χ2v) is 8.02. The predicted octanol–water partition coefficient (Wildman–Crippen LogP) is 4.33. The van der Waals surface area contributed by atoms with Crippen LogP contribution in [0.25, 0.3) is 27.9 Å². The fourth-order valence-electron chi connectivity index (χ4n) is 4.02. The molecule has 0 radical (unpaired) electrons. The number of nitrogens with zero attached hydrogens (tertiary/aromatic N) is 5. The van der Waals surface area contributed by atoms with Crippen LogP contribution in [0.5, 0.6) is 5.75 Å². The Morgan fingerprint density at radius 2 is 1.85 bits per heavy atom. The minimum Gasteiger partial charge on any atom is -0.497 e. The lowest BCUT2D eigenvalue weighted by molar-refractivity contribution is 0.415. The van der Waals surface area contributed by atoms with Gasteiger partial charge < -0.3 is 10.1 Å². The van der Waals surface area contributed by atoms with Crippen LogP contribution >= 0.6 is 0 Å². The van der Waals surface area contributed by atoms with Crippen molar-refractivity contribution >= 4 is 28.2 Å². The van der Waals surface area contributed by atoms with E-state index in [1.807, 2.05) is 36.4 Å². The van der Waals surface area contributed by atoms with Gasteiger partial charge in [0.1, 0.15) is 11.4 Å². The van der Waals surface area contributed by atoms with Crippen LogP contribution in [0.3, 0.4) is 0 Å². The van der Waals surface area contributed by atoms with Crippen molar-refractivity contribution in [2.75, 3.05) is 12.4 Å². The van der Waals surface area contributed by atoms with Crippen LogP contribution in [0.15, 0.2) is 71.7 Å². The molecule has 8 nitrogen and oxygen atoms in total. The first-order chi connectivity index (χ1) is 16.2. The number of methoxy groups -OCH3 is 1. The number of hydrogen-bond acceptors (Lipinski definition) is 7. The third-order valence-corrected chi connectivity index (χ3v) is 5.83. The fourth-order valence-corrected chi connectivity index (χ4v) is 4.02. The van der Waals surface area contributed by atoms with E-state index in [0.29, 0.717) is 29.0 Å². The van der Waals surface area contributed by atoms with Crippen LogP contribution in [0.2, 0.25) is 0 Å². The lowest BCUT2D eigenvalue weighted by atomic mass is 10.1. The highest BCUT2D eigenvalue weighted by atomic mass is 16.5. The van der Waals surface area contributed by atoms with Crippen molar-refractivity contribution in [1.82, 2.24) is 24.6 Å². The van der Waals surface area contributed by atoms with Gasteiger partial charge in [-0.25, -0.2) is 15.0 Å². The number of hydrogen-bond donors (Lipinski definition) is 1. The Kier molecular flexibility index (Phi) is 4.50. The summed E-state index contributed by atoms with van der Waals surface area (Å²) in [6.07, 6.45) is 3.79. The first kappa shape index (κ1) is 19.4. The minimum absolute atomic E-state index is 0.313. The Labute approximate surface area is 188 Å². The SMILES string of the molecule is COc1ccc(-c2nc3c4c(C5CC5)cccc4nc(Nc4ccccnc4=O)n3n2)cc1. The number of nitrogens with one attached hydrogen (secondary N) is 1. The number of aromatic nitrogens is 5. The summed E-state index contributed by atoms with van der Waals surface area (Å²) in [7, 11) is 1.63. The molecule has 1 N–H and O–H groups in total. The van der Waals surface area contributed by atoms with E-state index in [0.717, 1.165) is 35.1 Å². The molecule has 1 aliphatic carbocycles.